The maximum absolute atomic E-state index is 10.7. The van der Waals surface area contributed by atoms with Crippen LogP contribution in [-0.4, -0.2) is 19.8 Å². The molecule has 1 unspecified atom stereocenters. The highest BCUT2D eigenvalue weighted by atomic mass is 32.2. The number of carbonyl (C=O) groups excluding carboxylic acids is 1. The molecule has 0 aliphatic heterocycles. The maximum atomic E-state index is 10.7. The number of benzene rings is 1. The van der Waals surface area contributed by atoms with E-state index in [0.29, 0.717) is 5.69 Å². The highest BCUT2D eigenvalue weighted by Gasteiger charge is 2.08. The molecule has 0 fully saturated rings. The number of hydrogen-bond donors (Lipinski definition) is 3. The second-order valence-corrected chi connectivity index (χ2v) is 3.55. The Bertz CT molecular complexity index is 391. The predicted octanol–water partition coefficient (Wildman–Crippen LogP) is 0.931. The fraction of sp³-hybridized carbons (Fsp3) is 0.125. The Morgan fingerprint density at radius 1 is 1.50 bits per heavy atom. The minimum atomic E-state index is -2.27. The first-order valence-electron chi connectivity index (χ1n) is 3.72. The number of carbonyl (C=O) groups is 1. The van der Waals surface area contributed by atoms with E-state index in [1.807, 2.05) is 0 Å². The quantitative estimate of drug-likeness (QED) is 0.506. The van der Waals surface area contributed by atoms with E-state index in [2.05, 4.69) is 5.32 Å². The molecule has 1 aromatic carbocycles. The van der Waals surface area contributed by atoms with Gasteiger partial charge in [0.1, 0.15) is 10.6 Å². The first-order valence-corrected chi connectivity index (χ1v) is 4.83. The van der Waals surface area contributed by atoms with Crippen LogP contribution in [0.5, 0.6) is 5.75 Å². The topological polar surface area (TPSA) is 86.6 Å². The van der Waals surface area contributed by atoms with Crippen molar-refractivity contribution in [2.24, 2.45) is 0 Å². The minimum Gasteiger partial charge on any atom is -0.507 e. The van der Waals surface area contributed by atoms with E-state index in [0.717, 1.165) is 0 Å². The molecule has 76 valence electrons. The van der Waals surface area contributed by atoms with Crippen LogP contribution in [0.1, 0.15) is 6.92 Å². The zero-order chi connectivity index (χ0) is 10.7. The SMILES string of the molecule is CC(=O)Nc1ccc(O)c(S(=O)O)c1. The molecule has 1 atom stereocenters. The molecular formula is C8H9NO4S. The lowest BCUT2D eigenvalue weighted by molar-refractivity contribution is -0.114. The van der Waals surface area contributed by atoms with E-state index < -0.39 is 11.1 Å². The van der Waals surface area contributed by atoms with Crippen LogP contribution in [0.4, 0.5) is 5.69 Å². The summed E-state index contributed by atoms with van der Waals surface area (Å²) in [4.78, 5) is 10.5. The summed E-state index contributed by atoms with van der Waals surface area (Å²) in [6, 6.07) is 3.93. The van der Waals surface area contributed by atoms with Gasteiger partial charge in [0.15, 0.2) is 11.1 Å². The summed E-state index contributed by atoms with van der Waals surface area (Å²) in [5, 5.41) is 11.6. The lowest BCUT2D eigenvalue weighted by Gasteiger charge is -2.04. The van der Waals surface area contributed by atoms with Crippen LogP contribution in [0.15, 0.2) is 23.1 Å². The number of amides is 1. The Morgan fingerprint density at radius 3 is 2.64 bits per heavy atom. The third-order valence-electron chi connectivity index (χ3n) is 1.47. The van der Waals surface area contributed by atoms with Crippen molar-refractivity contribution in [3.63, 3.8) is 0 Å². The second-order valence-electron chi connectivity index (χ2n) is 2.61. The van der Waals surface area contributed by atoms with E-state index in [1.165, 1.54) is 25.1 Å². The largest absolute Gasteiger partial charge is 0.507 e. The Balaban J connectivity index is 3.06. The van der Waals surface area contributed by atoms with Crippen molar-refractivity contribution >= 4 is 22.7 Å². The van der Waals surface area contributed by atoms with Crippen molar-refractivity contribution in [2.45, 2.75) is 11.8 Å². The fourth-order valence-electron chi connectivity index (χ4n) is 0.935. The van der Waals surface area contributed by atoms with Crippen LogP contribution in [-0.2, 0) is 15.9 Å². The van der Waals surface area contributed by atoms with Crippen molar-refractivity contribution in [3.05, 3.63) is 18.2 Å². The molecule has 0 saturated heterocycles. The van der Waals surface area contributed by atoms with Gasteiger partial charge < -0.3 is 15.0 Å². The molecule has 3 N–H and O–H groups in total. The average Bonchev–Trinajstić information content (AvgIpc) is 2.07. The van der Waals surface area contributed by atoms with Gasteiger partial charge >= 0.3 is 0 Å². The number of aromatic hydroxyl groups is 1. The smallest absolute Gasteiger partial charge is 0.221 e. The Hall–Kier alpha value is -1.40. The number of hydrogen-bond acceptors (Lipinski definition) is 3. The number of phenols is 1. The standard InChI is InChI=1S/C8H9NO4S/c1-5(10)9-6-2-3-7(11)8(4-6)14(12)13/h2-4,11H,1H3,(H,9,10)(H,12,13). The zero-order valence-electron chi connectivity index (χ0n) is 7.35. The Labute approximate surface area is 83.0 Å². The van der Waals surface area contributed by atoms with Crippen LogP contribution in [0.25, 0.3) is 0 Å². The maximum Gasteiger partial charge on any atom is 0.221 e. The monoisotopic (exact) mass is 215 g/mol. The van der Waals surface area contributed by atoms with Gasteiger partial charge in [-0.1, -0.05) is 0 Å². The molecule has 0 aromatic heterocycles. The van der Waals surface area contributed by atoms with E-state index in [4.69, 9.17) is 4.55 Å². The van der Waals surface area contributed by atoms with Gasteiger partial charge in [0, 0.05) is 12.6 Å². The highest BCUT2D eigenvalue weighted by molar-refractivity contribution is 7.79. The third-order valence-corrected chi connectivity index (χ3v) is 2.17. The molecule has 0 heterocycles. The second kappa shape index (κ2) is 4.21. The Kier molecular flexibility index (Phi) is 3.21. The molecule has 14 heavy (non-hydrogen) atoms. The van der Waals surface area contributed by atoms with Crippen molar-refractivity contribution in [2.75, 3.05) is 5.32 Å². The third kappa shape index (κ3) is 2.54. The van der Waals surface area contributed by atoms with Crippen molar-refractivity contribution < 1.29 is 18.7 Å². The number of anilines is 1. The molecule has 0 radical (unpaired) electrons. The zero-order valence-corrected chi connectivity index (χ0v) is 8.17. The van der Waals surface area contributed by atoms with E-state index in [-0.39, 0.29) is 16.6 Å². The predicted molar refractivity (Wildman–Crippen MR) is 51.4 cm³/mol. The summed E-state index contributed by atoms with van der Waals surface area (Å²) < 4.78 is 19.5. The summed E-state index contributed by atoms with van der Waals surface area (Å²) in [5.41, 5.74) is 0.368. The van der Waals surface area contributed by atoms with Crippen LogP contribution >= 0.6 is 0 Å². The summed E-state index contributed by atoms with van der Waals surface area (Å²) >= 11 is -2.27. The molecule has 0 saturated carbocycles. The van der Waals surface area contributed by atoms with Gasteiger partial charge in [-0.15, -0.1) is 0 Å². The fourth-order valence-corrected chi connectivity index (χ4v) is 1.41. The molecule has 1 amide bonds. The van der Waals surface area contributed by atoms with Crippen LogP contribution in [0.3, 0.4) is 0 Å². The summed E-state index contributed by atoms with van der Waals surface area (Å²) in [6.45, 7) is 1.32. The van der Waals surface area contributed by atoms with E-state index >= 15 is 0 Å². The molecule has 0 bridgehead atoms. The number of nitrogens with one attached hydrogen (secondary N) is 1. The first-order chi connectivity index (χ1) is 6.50. The van der Waals surface area contributed by atoms with E-state index in [9.17, 15) is 14.1 Å². The van der Waals surface area contributed by atoms with Gasteiger partial charge in [-0.3, -0.25) is 4.79 Å². The van der Waals surface area contributed by atoms with E-state index in [1.54, 1.807) is 0 Å². The molecular weight excluding hydrogens is 206 g/mol. The summed E-state index contributed by atoms with van der Waals surface area (Å²) in [6.07, 6.45) is 0. The molecule has 0 spiro atoms. The molecule has 0 aliphatic carbocycles. The van der Waals surface area contributed by atoms with Crippen LogP contribution in [0.2, 0.25) is 0 Å². The highest BCUT2D eigenvalue weighted by Crippen LogP contribution is 2.23. The normalized spacial score (nSPS) is 12.1. The minimum absolute atomic E-state index is 0.128. The lowest BCUT2D eigenvalue weighted by Crippen LogP contribution is -2.06. The summed E-state index contributed by atoms with van der Waals surface area (Å²) in [7, 11) is 0. The molecule has 6 heteroatoms. The lowest BCUT2D eigenvalue weighted by atomic mass is 10.3. The number of rotatable bonds is 2. The first kappa shape index (κ1) is 10.7. The van der Waals surface area contributed by atoms with Gasteiger partial charge in [-0.05, 0) is 18.2 Å². The van der Waals surface area contributed by atoms with Gasteiger partial charge in [0.2, 0.25) is 5.91 Å². The van der Waals surface area contributed by atoms with Crippen LogP contribution in [0, 0.1) is 0 Å². The van der Waals surface area contributed by atoms with Gasteiger partial charge in [-0.25, -0.2) is 4.21 Å². The van der Waals surface area contributed by atoms with Gasteiger partial charge in [0.25, 0.3) is 0 Å². The van der Waals surface area contributed by atoms with Crippen molar-refractivity contribution in [3.8, 4) is 5.75 Å². The summed E-state index contributed by atoms with van der Waals surface area (Å²) in [5.74, 6) is -0.565. The molecule has 5 nitrogen and oxygen atoms in total. The average molecular weight is 215 g/mol. The van der Waals surface area contributed by atoms with Crippen LogP contribution < -0.4 is 5.32 Å². The Morgan fingerprint density at radius 2 is 2.14 bits per heavy atom. The molecule has 1 aromatic rings. The molecule has 0 aliphatic rings. The van der Waals surface area contributed by atoms with Crippen molar-refractivity contribution in [1.82, 2.24) is 0 Å². The van der Waals surface area contributed by atoms with Gasteiger partial charge in [0.05, 0.1) is 0 Å². The number of phenolic OH excluding ortho intramolecular Hbond substituents is 1. The van der Waals surface area contributed by atoms with Gasteiger partial charge in [-0.2, -0.15) is 0 Å². The van der Waals surface area contributed by atoms with Crippen molar-refractivity contribution in [1.29, 1.82) is 0 Å². The molecule has 1 rings (SSSR count).